The van der Waals surface area contributed by atoms with Crippen LogP contribution in [-0.2, 0) is 30.3 Å². The molecule has 0 amide bonds. The predicted octanol–water partition coefficient (Wildman–Crippen LogP) is 4.86. The van der Waals surface area contributed by atoms with E-state index in [9.17, 15) is 9.59 Å². The summed E-state index contributed by atoms with van der Waals surface area (Å²) in [6.07, 6.45) is -2.84. The maximum absolute atomic E-state index is 15.9. The molecule has 0 aromatic heterocycles. The Hall–Kier alpha value is -2.33. The summed E-state index contributed by atoms with van der Waals surface area (Å²) in [6.45, 7) is 3.55. The second-order valence-corrected chi connectivity index (χ2v) is 9.70. The Morgan fingerprint density at radius 1 is 1.12 bits per heavy atom. The first-order valence-corrected chi connectivity index (χ1v) is 11.7. The number of hydrogen-bond donors (Lipinski definition) is 0. The van der Waals surface area contributed by atoms with Crippen molar-refractivity contribution in [1.82, 2.24) is 0 Å². The highest BCUT2D eigenvalue weighted by Gasteiger charge is 2.55. The molecule has 34 heavy (non-hydrogen) atoms. The van der Waals surface area contributed by atoms with Crippen LogP contribution in [-0.4, -0.2) is 53.5 Å². The van der Waals surface area contributed by atoms with E-state index in [1.807, 2.05) is 6.07 Å². The molecule has 184 valence electrons. The van der Waals surface area contributed by atoms with E-state index >= 15 is 8.78 Å². The number of hydrogen-bond acceptors (Lipinski definition) is 7. The predicted molar refractivity (Wildman–Crippen MR) is 124 cm³/mol. The number of esters is 1. The Morgan fingerprint density at radius 3 is 2.29 bits per heavy atom. The molecule has 0 N–H and O–H groups in total. The fraction of sp³-hybridized carbons (Fsp3) is 0.440. The molecule has 2 aromatic carbocycles. The monoisotopic (exact) mass is 494 g/mol. The van der Waals surface area contributed by atoms with Gasteiger partial charge in [-0.1, -0.05) is 60.3 Å². The Balaban J connectivity index is 1.81. The Labute approximate surface area is 201 Å². The van der Waals surface area contributed by atoms with Crippen LogP contribution >= 0.6 is 11.8 Å². The van der Waals surface area contributed by atoms with E-state index in [-0.39, 0.29) is 18.8 Å². The van der Waals surface area contributed by atoms with Crippen LogP contribution in [0, 0.1) is 0 Å². The molecule has 0 spiro atoms. The fourth-order valence-corrected chi connectivity index (χ4v) is 4.34. The highest BCUT2D eigenvalue weighted by Crippen LogP contribution is 2.40. The maximum atomic E-state index is 15.9. The molecule has 3 rings (SSSR count). The van der Waals surface area contributed by atoms with E-state index in [4.69, 9.17) is 18.9 Å². The smallest absolute Gasteiger partial charge is 0.338 e. The Kier molecular flexibility index (Phi) is 8.81. The van der Waals surface area contributed by atoms with Crippen LogP contribution in [0.15, 0.2) is 60.7 Å². The molecule has 1 heterocycles. The zero-order chi connectivity index (χ0) is 24.8. The standard InChI is InChI=1S/C25H28F2O6S/c1-17(28)34-21(16-31-23(29)19-12-8-5-9-13-19)25(26,27)22(20-15-32-24(2,3)33-20)30-14-18-10-6-4-7-11-18/h4-13,20-22H,14-16H2,1-3H3/t20-,21+,22-/m1/s1. The molecular formula is C25H28F2O6S. The normalized spacial score (nSPS) is 19.4. The van der Waals surface area contributed by atoms with Gasteiger partial charge < -0.3 is 18.9 Å². The lowest BCUT2D eigenvalue weighted by Crippen LogP contribution is -2.53. The average molecular weight is 495 g/mol. The molecule has 0 radical (unpaired) electrons. The SMILES string of the molecule is CC(=O)S[C@@H](COC(=O)c1ccccc1)C(F)(F)[C@H](OCc1ccccc1)[C@H]1COC(C)(C)O1. The quantitative estimate of drug-likeness (QED) is 0.437. The van der Waals surface area contributed by atoms with Crippen LogP contribution < -0.4 is 0 Å². The zero-order valence-corrected chi connectivity index (χ0v) is 20.1. The third kappa shape index (κ3) is 7.09. The number of carbonyl (C=O) groups is 2. The first kappa shape index (κ1) is 26.3. The molecule has 1 aliphatic heterocycles. The first-order chi connectivity index (χ1) is 16.1. The zero-order valence-electron chi connectivity index (χ0n) is 19.2. The molecule has 1 saturated heterocycles. The Bertz CT molecular complexity index is 954. The molecular weight excluding hydrogens is 466 g/mol. The summed E-state index contributed by atoms with van der Waals surface area (Å²) in [5.41, 5.74) is 0.927. The minimum Gasteiger partial charge on any atom is -0.461 e. The maximum Gasteiger partial charge on any atom is 0.338 e. The van der Waals surface area contributed by atoms with Gasteiger partial charge in [-0.25, -0.2) is 13.6 Å². The van der Waals surface area contributed by atoms with Crippen LogP contribution in [0.4, 0.5) is 8.78 Å². The van der Waals surface area contributed by atoms with E-state index in [1.54, 1.807) is 56.3 Å². The number of carbonyl (C=O) groups excluding carboxylic acids is 2. The summed E-state index contributed by atoms with van der Waals surface area (Å²) in [6, 6.07) is 16.9. The van der Waals surface area contributed by atoms with Crippen molar-refractivity contribution in [2.24, 2.45) is 0 Å². The third-order valence-electron chi connectivity index (χ3n) is 5.13. The number of rotatable bonds is 10. The molecule has 2 aromatic rings. The largest absolute Gasteiger partial charge is 0.461 e. The van der Waals surface area contributed by atoms with Gasteiger partial charge in [0.1, 0.15) is 18.0 Å². The second kappa shape index (κ2) is 11.4. The fourth-order valence-electron chi connectivity index (χ4n) is 3.51. The van der Waals surface area contributed by atoms with E-state index in [1.165, 1.54) is 19.1 Å². The van der Waals surface area contributed by atoms with Crippen molar-refractivity contribution in [2.45, 2.75) is 56.5 Å². The molecule has 1 fully saturated rings. The molecule has 1 aliphatic rings. The number of halogens is 2. The minimum atomic E-state index is -3.60. The number of benzene rings is 2. The van der Waals surface area contributed by atoms with Gasteiger partial charge in [-0.15, -0.1) is 0 Å². The lowest BCUT2D eigenvalue weighted by Gasteiger charge is -2.35. The van der Waals surface area contributed by atoms with Gasteiger partial charge in [-0.2, -0.15) is 0 Å². The van der Waals surface area contributed by atoms with E-state index in [0.717, 1.165) is 0 Å². The summed E-state index contributed by atoms with van der Waals surface area (Å²) in [5.74, 6) is -5.41. The van der Waals surface area contributed by atoms with Crippen molar-refractivity contribution < 1.29 is 37.3 Å². The van der Waals surface area contributed by atoms with Gasteiger partial charge in [0, 0.05) is 6.92 Å². The molecule has 9 heteroatoms. The first-order valence-electron chi connectivity index (χ1n) is 10.8. The van der Waals surface area contributed by atoms with E-state index < -0.39 is 46.9 Å². The van der Waals surface area contributed by atoms with Crippen molar-refractivity contribution >= 4 is 22.8 Å². The van der Waals surface area contributed by atoms with Crippen molar-refractivity contribution in [2.75, 3.05) is 13.2 Å². The molecule has 0 bridgehead atoms. The van der Waals surface area contributed by atoms with E-state index in [2.05, 4.69) is 0 Å². The van der Waals surface area contributed by atoms with Crippen molar-refractivity contribution in [3.05, 3.63) is 71.8 Å². The minimum absolute atomic E-state index is 0.0946. The number of ether oxygens (including phenoxy) is 4. The summed E-state index contributed by atoms with van der Waals surface area (Å²) in [7, 11) is 0. The van der Waals surface area contributed by atoms with Crippen LogP contribution in [0.2, 0.25) is 0 Å². The lowest BCUT2D eigenvalue weighted by molar-refractivity contribution is -0.209. The van der Waals surface area contributed by atoms with Gasteiger partial charge in [0.2, 0.25) is 0 Å². The van der Waals surface area contributed by atoms with Crippen molar-refractivity contribution in [3.63, 3.8) is 0 Å². The lowest BCUT2D eigenvalue weighted by atomic mass is 10.0. The van der Waals surface area contributed by atoms with Gasteiger partial charge in [-0.05, 0) is 31.5 Å². The topological polar surface area (TPSA) is 71.1 Å². The average Bonchev–Trinajstić information content (AvgIpc) is 3.16. The molecule has 0 saturated carbocycles. The molecule has 0 unspecified atom stereocenters. The van der Waals surface area contributed by atoms with Crippen LogP contribution in [0.3, 0.4) is 0 Å². The number of thioether (sulfide) groups is 1. The van der Waals surface area contributed by atoms with Gasteiger partial charge in [0.25, 0.3) is 5.92 Å². The molecule has 6 nitrogen and oxygen atoms in total. The molecule has 0 aliphatic carbocycles. The summed E-state index contributed by atoms with van der Waals surface area (Å²) < 4.78 is 54.0. The van der Waals surface area contributed by atoms with Crippen LogP contribution in [0.25, 0.3) is 0 Å². The highest BCUT2D eigenvalue weighted by atomic mass is 32.2. The van der Waals surface area contributed by atoms with Crippen molar-refractivity contribution in [3.8, 4) is 0 Å². The summed E-state index contributed by atoms with van der Waals surface area (Å²) in [4.78, 5) is 24.2. The van der Waals surface area contributed by atoms with Gasteiger partial charge in [0.15, 0.2) is 17.0 Å². The number of alkyl halides is 2. The van der Waals surface area contributed by atoms with Crippen LogP contribution in [0.1, 0.15) is 36.7 Å². The highest BCUT2D eigenvalue weighted by molar-refractivity contribution is 8.14. The molecule has 3 atom stereocenters. The second-order valence-electron chi connectivity index (χ2n) is 8.32. The van der Waals surface area contributed by atoms with Gasteiger partial charge in [0.05, 0.1) is 18.8 Å². The third-order valence-corrected chi connectivity index (χ3v) is 6.20. The Morgan fingerprint density at radius 2 is 1.74 bits per heavy atom. The van der Waals surface area contributed by atoms with Crippen molar-refractivity contribution in [1.29, 1.82) is 0 Å². The van der Waals surface area contributed by atoms with Gasteiger partial charge >= 0.3 is 5.97 Å². The van der Waals surface area contributed by atoms with Gasteiger partial charge in [-0.3, -0.25) is 4.79 Å². The van der Waals surface area contributed by atoms with E-state index in [0.29, 0.717) is 17.3 Å². The van der Waals surface area contributed by atoms with Crippen LogP contribution in [0.5, 0.6) is 0 Å². The summed E-state index contributed by atoms with van der Waals surface area (Å²) in [5, 5.41) is -2.23. The summed E-state index contributed by atoms with van der Waals surface area (Å²) >= 11 is 0.410.